The van der Waals surface area contributed by atoms with Crippen molar-refractivity contribution in [3.05, 3.63) is 145 Å². The van der Waals surface area contributed by atoms with Crippen LogP contribution >= 0.6 is 11.3 Å². The van der Waals surface area contributed by atoms with E-state index in [2.05, 4.69) is 152 Å². The molecular weight excluding hydrogens is 589 g/mol. The highest BCUT2D eigenvalue weighted by Crippen LogP contribution is 2.51. The second kappa shape index (κ2) is 8.85. The van der Waals surface area contributed by atoms with Gasteiger partial charge in [-0.3, -0.25) is 4.57 Å². The van der Waals surface area contributed by atoms with Crippen molar-refractivity contribution in [1.82, 2.24) is 9.55 Å². The Labute approximate surface area is 275 Å². The molecular formula is C44H28N2S. The average molecular weight is 617 g/mol. The zero-order chi connectivity index (χ0) is 31.0. The molecule has 11 rings (SSSR count). The molecule has 0 N–H and O–H groups in total. The van der Waals surface area contributed by atoms with E-state index < -0.39 is 0 Å². The lowest BCUT2D eigenvalue weighted by Crippen LogP contribution is -2.15. The summed E-state index contributed by atoms with van der Waals surface area (Å²) in [6.07, 6.45) is 0. The van der Waals surface area contributed by atoms with Crippen molar-refractivity contribution in [2.75, 3.05) is 0 Å². The summed E-state index contributed by atoms with van der Waals surface area (Å²) < 4.78 is 5.02. The van der Waals surface area contributed by atoms with Crippen molar-refractivity contribution in [1.29, 1.82) is 0 Å². The molecule has 0 atom stereocenters. The Morgan fingerprint density at radius 1 is 0.511 bits per heavy atom. The number of fused-ring (bicyclic) bond motifs is 9. The maximum absolute atomic E-state index is 5.46. The van der Waals surface area contributed by atoms with E-state index in [-0.39, 0.29) is 5.41 Å². The molecule has 0 saturated carbocycles. The molecule has 3 aromatic heterocycles. The van der Waals surface area contributed by atoms with Crippen molar-refractivity contribution in [3.63, 3.8) is 0 Å². The first-order valence-corrected chi connectivity index (χ1v) is 17.1. The topological polar surface area (TPSA) is 17.8 Å². The van der Waals surface area contributed by atoms with Crippen LogP contribution in [-0.4, -0.2) is 9.55 Å². The minimum Gasteiger partial charge on any atom is -0.294 e. The molecule has 1 aliphatic carbocycles. The quantitative estimate of drug-likeness (QED) is 0.177. The van der Waals surface area contributed by atoms with Crippen LogP contribution in [0.15, 0.2) is 133 Å². The smallest absolute Gasteiger partial charge is 0.138 e. The number of thiophene rings is 1. The van der Waals surface area contributed by atoms with Crippen molar-refractivity contribution in [3.8, 4) is 28.2 Å². The van der Waals surface area contributed by atoms with Gasteiger partial charge in [-0.2, -0.15) is 0 Å². The lowest BCUT2D eigenvalue weighted by atomic mass is 9.82. The Kier molecular flexibility index (Phi) is 4.83. The molecule has 0 aliphatic heterocycles. The first-order valence-electron chi connectivity index (χ1n) is 16.3. The zero-order valence-electron chi connectivity index (χ0n) is 26.0. The van der Waals surface area contributed by atoms with E-state index in [1.54, 1.807) is 0 Å². The zero-order valence-corrected chi connectivity index (χ0v) is 26.8. The fraction of sp³-hybridized carbons (Fsp3) is 0.0682. The van der Waals surface area contributed by atoms with Gasteiger partial charge < -0.3 is 0 Å². The van der Waals surface area contributed by atoms with Crippen LogP contribution in [0.4, 0.5) is 0 Å². The van der Waals surface area contributed by atoms with Crippen LogP contribution in [-0.2, 0) is 5.41 Å². The number of pyridine rings is 1. The van der Waals surface area contributed by atoms with E-state index in [1.165, 1.54) is 91.3 Å². The molecule has 47 heavy (non-hydrogen) atoms. The number of rotatable bonds is 2. The standard InChI is InChI=1S/C44H28N2S/c1-44(2)34-16-7-5-13-27(34)32-23-33-28-14-6-8-18-37(28)46(38(33)24-35(32)44)40-20-10-17-36(45-40)31-22-21-30-26-12-4-3-11-25(26)29-15-9-19-39-41(29)42(30)43(31)47-39/h3-24H,1-2H3. The summed E-state index contributed by atoms with van der Waals surface area (Å²) in [6.45, 7) is 4.71. The molecule has 0 unspecified atom stereocenters. The number of benzene rings is 7. The van der Waals surface area contributed by atoms with Crippen LogP contribution in [0, 0.1) is 0 Å². The van der Waals surface area contributed by atoms with Crippen LogP contribution < -0.4 is 0 Å². The molecule has 0 radical (unpaired) electrons. The second-order valence-electron chi connectivity index (χ2n) is 13.5. The van der Waals surface area contributed by atoms with Crippen molar-refractivity contribution in [2.45, 2.75) is 19.3 Å². The molecule has 0 spiro atoms. The number of para-hydroxylation sites is 1. The van der Waals surface area contributed by atoms with E-state index >= 15 is 0 Å². The third-order valence-corrected chi connectivity index (χ3v) is 12.0. The van der Waals surface area contributed by atoms with E-state index in [9.17, 15) is 0 Å². The van der Waals surface area contributed by atoms with Gasteiger partial charge in [-0.15, -0.1) is 11.3 Å². The molecule has 0 fully saturated rings. The van der Waals surface area contributed by atoms with Gasteiger partial charge in [-0.25, -0.2) is 4.98 Å². The molecule has 0 bridgehead atoms. The first-order chi connectivity index (χ1) is 23.1. The number of aromatic nitrogens is 2. The number of nitrogens with zero attached hydrogens (tertiary/aromatic N) is 2. The van der Waals surface area contributed by atoms with Gasteiger partial charge in [0.1, 0.15) is 5.82 Å². The Balaban J connectivity index is 1.18. The van der Waals surface area contributed by atoms with Gasteiger partial charge in [-0.05, 0) is 80.2 Å². The molecule has 3 heteroatoms. The summed E-state index contributed by atoms with van der Waals surface area (Å²) in [4.78, 5) is 5.46. The largest absolute Gasteiger partial charge is 0.294 e. The highest BCUT2D eigenvalue weighted by atomic mass is 32.1. The van der Waals surface area contributed by atoms with Gasteiger partial charge in [0.25, 0.3) is 0 Å². The predicted molar refractivity (Wildman–Crippen MR) is 201 cm³/mol. The molecule has 10 aromatic rings. The molecule has 1 aliphatic rings. The minimum atomic E-state index is -0.0757. The van der Waals surface area contributed by atoms with Gasteiger partial charge >= 0.3 is 0 Å². The fourth-order valence-corrected chi connectivity index (χ4v) is 9.91. The number of hydrogen-bond donors (Lipinski definition) is 0. The van der Waals surface area contributed by atoms with Crippen molar-refractivity contribution in [2.24, 2.45) is 0 Å². The minimum absolute atomic E-state index is 0.0757. The summed E-state index contributed by atoms with van der Waals surface area (Å²) >= 11 is 1.89. The van der Waals surface area contributed by atoms with Gasteiger partial charge in [-0.1, -0.05) is 111 Å². The van der Waals surface area contributed by atoms with Crippen LogP contribution in [0.1, 0.15) is 25.0 Å². The van der Waals surface area contributed by atoms with Crippen LogP contribution in [0.25, 0.3) is 91.7 Å². The highest BCUT2D eigenvalue weighted by molar-refractivity contribution is 7.26. The van der Waals surface area contributed by atoms with Crippen molar-refractivity contribution >= 4 is 74.9 Å². The molecule has 220 valence electrons. The Hall–Kier alpha value is -5.51. The van der Waals surface area contributed by atoms with Gasteiger partial charge in [0.2, 0.25) is 0 Å². The van der Waals surface area contributed by atoms with Crippen molar-refractivity contribution < 1.29 is 0 Å². The van der Waals surface area contributed by atoms with Crippen LogP contribution in [0.3, 0.4) is 0 Å². The lowest BCUT2D eigenvalue weighted by molar-refractivity contribution is 0.661. The predicted octanol–water partition coefficient (Wildman–Crippen LogP) is 12.3. The van der Waals surface area contributed by atoms with Gasteiger partial charge in [0, 0.05) is 41.9 Å². The first kappa shape index (κ1) is 25.7. The SMILES string of the molecule is CC1(C)c2ccccc2-c2cc3c4ccccc4n(-c4cccc(-c5ccc6c7ccccc7c7cccc8sc5c6c87)n4)c3cc21. The lowest BCUT2D eigenvalue weighted by Gasteiger charge is -2.21. The van der Waals surface area contributed by atoms with Gasteiger partial charge in [0.15, 0.2) is 0 Å². The van der Waals surface area contributed by atoms with E-state index in [1.807, 2.05) is 11.3 Å². The van der Waals surface area contributed by atoms with Crippen LogP contribution in [0.2, 0.25) is 0 Å². The van der Waals surface area contributed by atoms with E-state index in [4.69, 9.17) is 4.98 Å². The summed E-state index contributed by atoms with van der Waals surface area (Å²) in [6, 6.07) is 49.2. The fourth-order valence-electron chi connectivity index (χ4n) is 8.63. The normalized spacial score (nSPS) is 13.9. The molecule has 2 nitrogen and oxygen atoms in total. The second-order valence-corrected chi connectivity index (χ2v) is 14.6. The summed E-state index contributed by atoms with van der Waals surface area (Å²) in [7, 11) is 0. The molecule has 7 aromatic carbocycles. The summed E-state index contributed by atoms with van der Waals surface area (Å²) in [5, 5.41) is 10.5. The van der Waals surface area contributed by atoms with E-state index in [0.29, 0.717) is 0 Å². The molecule has 3 heterocycles. The Morgan fingerprint density at radius 2 is 1.23 bits per heavy atom. The molecule has 0 saturated heterocycles. The third kappa shape index (κ3) is 3.22. The van der Waals surface area contributed by atoms with Crippen LogP contribution in [0.5, 0.6) is 0 Å². The summed E-state index contributed by atoms with van der Waals surface area (Å²) in [5.74, 6) is 0.943. The van der Waals surface area contributed by atoms with E-state index in [0.717, 1.165) is 11.5 Å². The Bertz CT molecular complexity index is 2940. The highest BCUT2D eigenvalue weighted by Gasteiger charge is 2.36. The maximum Gasteiger partial charge on any atom is 0.138 e. The Morgan fingerprint density at radius 3 is 2.11 bits per heavy atom. The third-order valence-electron chi connectivity index (χ3n) is 10.8. The van der Waals surface area contributed by atoms with Gasteiger partial charge in [0.05, 0.1) is 16.7 Å². The maximum atomic E-state index is 5.46. The average Bonchev–Trinajstić information content (AvgIpc) is 3.73. The molecule has 0 amide bonds. The number of hydrogen-bond acceptors (Lipinski definition) is 2. The summed E-state index contributed by atoms with van der Waals surface area (Å²) in [5.41, 5.74) is 9.96. The monoisotopic (exact) mass is 616 g/mol.